The molecular weight excluding hydrogens is 668 g/mol. The molecule has 0 bridgehead atoms. The Balaban J connectivity index is 1.21. The molecule has 0 spiro atoms. The van der Waals surface area contributed by atoms with Crippen molar-refractivity contribution >= 4 is 34.4 Å². The number of fused-ring (bicyclic) bond motifs is 1. The van der Waals surface area contributed by atoms with Gasteiger partial charge >= 0.3 is 6.09 Å². The number of ether oxygens (including phenoxy) is 1. The van der Waals surface area contributed by atoms with E-state index in [1.807, 2.05) is 126 Å². The Kier molecular flexibility index (Phi) is 9.71. The number of pyridine rings is 1. The third-order valence-corrected chi connectivity index (χ3v) is 9.12. The van der Waals surface area contributed by atoms with E-state index in [2.05, 4.69) is 10.6 Å². The molecule has 7 aromatic rings. The summed E-state index contributed by atoms with van der Waals surface area (Å²) in [5.41, 5.74) is 3.44. The number of anilines is 1. The number of nitrogens with one attached hydrogen (secondary N) is 2. The van der Waals surface area contributed by atoms with E-state index >= 15 is 0 Å². The highest BCUT2D eigenvalue weighted by Gasteiger charge is 2.41. The van der Waals surface area contributed by atoms with Gasteiger partial charge in [-0.25, -0.2) is 14.5 Å². The van der Waals surface area contributed by atoms with Crippen LogP contribution in [0.15, 0.2) is 158 Å². The van der Waals surface area contributed by atoms with Crippen LogP contribution in [0.1, 0.15) is 51.1 Å². The molecule has 0 saturated carbocycles. The van der Waals surface area contributed by atoms with Gasteiger partial charge in [0.15, 0.2) is 5.65 Å². The predicted octanol–water partition coefficient (Wildman–Crippen LogP) is 8.42. The van der Waals surface area contributed by atoms with Crippen LogP contribution >= 0.6 is 0 Å². The maximum absolute atomic E-state index is 13.8. The molecule has 2 heterocycles. The number of rotatable bonds is 11. The number of nitro benzene ring substituents is 1. The van der Waals surface area contributed by atoms with Crippen LogP contribution < -0.4 is 10.6 Å². The normalized spacial score (nSPS) is 11.8. The number of nitro groups is 1. The lowest BCUT2D eigenvalue weighted by atomic mass is 9.77. The third kappa shape index (κ3) is 6.83. The van der Waals surface area contributed by atoms with E-state index in [0.29, 0.717) is 22.3 Å². The molecule has 7 rings (SSSR count). The molecule has 11 nitrogen and oxygen atoms in total. The molecule has 0 aliphatic rings. The van der Waals surface area contributed by atoms with Crippen molar-refractivity contribution in [1.82, 2.24) is 20.1 Å². The lowest BCUT2D eigenvalue weighted by molar-refractivity contribution is -0.385. The Morgan fingerprint density at radius 3 is 1.94 bits per heavy atom. The summed E-state index contributed by atoms with van der Waals surface area (Å²) in [7, 11) is 0. The number of nitrogens with zero attached hydrogens (tertiary/aromatic N) is 4. The molecule has 53 heavy (non-hydrogen) atoms. The minimum Gasteiger partial charge on any atom is -0.445 e. The van der Waals surface area contributed by atoms with Crippen molar-refractivity contribution < 1.29 is 19.2 Å². The highest BCUT2D eigenvalue weighted by molar-refractivity contribution is 6.10. The van der Waals surface area contributed by atoms with Gasteiger partial charge in [-0.2, -0.15) is 5.10 Å². The second-order valence-electron chi connectivity index (χ2n) is 12.4. The molecule has 2 aromatic heterocycles. The number of hydrogen-bond donors (Lipinski definition) is 2. The van der Waals surface area contributed by atoms with Crippen molar-refractivity contribution in [2.24, 2.45) is 0 Å². The summed E-state index contributed by atoms with van der Waals surface area (Å²) in [5, 5.41) is 23.3. The number of amides is 2. The van der Waals surface area contributed by atoms with E-state index in [9.17, 15) is 19.7 Å². The van der Waals surface area contributed by atoms with Crippen LogP contribution in [-0.4, -0.2) is 31.7 Å². The smallest absolute Gasteiger partial charge is 0.407 e. The molecule has 5 aromatic carbocycles. The molecule has 0 aliphatic heterocycles. The van der Waals surface area contributed by atoms with Gasteiger partial charge in [0, 0.05) is 12.3 Å². The highest BCUT2D eigenvalue weighted by Crippen LogP contribution is 2.42. The average molecular weight is 703 g/mol. The van der Waals surface area contributed by atoms with Crippen LogP contribution in [-0.2, 0) is 16.9 Å². The summed E-state index contributed by atoms with van der Waals surface area (Å²) in [6.07, 6.45) is 2.54. The molecular formula is C42H34N6O5. The lowest BCUT2D eigenvalue weighted by Gasteiger charge is -2.36. The number of carbonyl (C=O) groups excluding carboxylic acids is 2. The molecule has 0 radical (unpaired) electrons. The van der Waals surface area contributed by atoms with E-state index in [-0.39, 0.29) is 12.2 Å². The number of aromatic nitrogens is 3. The van der Waals surface area contributed by atoms with E-state index in [1.165, 1.54) is 12.1 Å². The monoisotopic (exact) mass is 702 g/mol. The molecule has 1 unspecified atom stereocenters. The lowest BCUT2D eigenvalue weighted by Crippen LogP contribution is -2.38. The van der Waals surface area contributed by atoms with Crippen molar-refractivity contribution in [3.8, 4) is 0 Å². The van der Waals surface area contributed by atoms with Crippen molar-refractivity contribution in [2.45, 2.75) is 25.1 Å². The van der Waals surface area contributed by atoms with Crippen LogP contribution in [0.4, 0.5) is 16.2 Å². The fourth-order valence-electron chi connectivity index (χ4n) is 6.56. The first kappa shape index (κ1) is 34.3. The van der Waals surface area contributed by atoms with Crippen LogP contribution in [0.5, 0.6) is 0 Å². The van der Waals surface area contributed by atoms with Crippen molar-refractivity contribution in [1.29, 1.82) is 0 Å². The zero-order chi connectivity index (χ0) is 36.8. The first-order valence-corrected chi connectivity index (χ1v) is 16.9. The molecule has 0 saturated heterocycles. The minimum atomic E-state index is -0.950. The summed E-state index contributed by atoms with van der Waals surface area (Å²) in [6.45, 7) is 1.75. The summed E-state index contributed by atoms with van der Waals surface area (Å²) in [4.78, 5) is 42.6. The van der Waals surface area contributed by atoms with E-state index in [4.69, 9.17) is 14.8 Å². The van der Waals surface area contributed by atoms with Gasteiger partial charge < -0.3 is 15.4 Å². The summed E-state index contributed by atoms with van der Waals surface area (Å²) >= 11 is 0. The van der Waals surface area contributed by atoms with Crippen LogP contribution in [0.2, 0.25) is 0 Å². The van der Waals surface area contributed by atoms with Crippen LogP contribution in [0.25, 0.3) is 11.0 Å². The van der Waals surface area contributed by atoms with Crippen LogP contribution in [0, 0.1) is 10.1 Å². The van der Waals surface area contributed by atoms with Crippen molar-refractivity contribution in [3.05, 3.63) is 201 Å². The molecule has 1 atom stereocenters. The zero-order valence-corrected chi connectivity index (χ0v) is 28.6. The Labute approximate surface area is 305 Å². The van der Waals surface area contributed by atoms with Crippen molar-refractivity contribution in [2.75, 3.05) is 5.32 Å². The first-order valence-electron chi connectivity index (χ1n) is 16.9. The highest BCUT2D eigenvalue weighted by atomic mass is 16.6. The fraction of sp³-hybridized carbons (Fsp3) is 0.0952. The third-order valence-electron chi connectivity index (χ3n) is 9.12. The zero-order valence-electron chi connectivity index (χ0n) is 28.6. The first-order chi connectivity index (χ1) is 25.9. The molecule has 11 heteroatoms. The maximum atomic E-state index is 13.8. The van der Waals surface area contributed by atoms with E-state index in [0.717, 1.165) is 22.3 Å². The summed E-state index contributed by atoms with van der Waals surface area (Å²) in [6, 6.07) is 44.5. The summed E-state index contributed by atoms with van der Waals surface area (Å²) in [5.74, 6) is -0.688. The largest absolute Gasteiger partial charge is 0.445 e. The maximum Gasteiger partial charge on any atom is 0.407 e. The van der Waals surface area contributed by atoms with Gasteiger partial charge in [-0.3, -0.25) is 14.9 Å². The minimum absolute atomic E-state index is 0.0750. The average Bonchev–Trinajstić information content (AvgIpc) is 3.64. The summed E-state index contributed by atoms with van der Waals surface area (Å²) < 4.78 is 7.15. The van der Waals surface area contributed by atoms with Gasteiger partial charge in [0.2, 0.25) is 0 Å². The number of benzene rings is 5. The second-order valence-corrected chi connectivity index (χ2v) is 12.4. The Bertz CT molecular complexity index is 2290. The van der Waals surface area contributed by atoms with E-state index < -0.39 is 34.2 Å². The molecule has 262 valence electrons. The second kappa shape index (κ2) is 15.0. The standard InChI is InChI=1S/C42H34N6O5/c1-29(45-41(50)53-28-30-14-6-2-7-15-30)31-22-23-35(38(26-31)48(51)52)40(49)46-37-24-25-43-39-36(37)27-44-47(39)42(32-16-8-3-9-17-32,33-18-10-4-11-19-33)34-20-12-5-13-21-34/h2-27,29H,28H2,1H3,(H,45,50)(H,43,46,49). The Morgan fingerprint density at radius 2 is 1.38 bits per heavy atom. The number of alkyl carbamates (subject to hydrolysis) is 1. The van der Waals surface area contributed by atoms with Gasteiger partial charge in [-0.15, -0.1) is 0 Å². The van der Waals surface area contributed by atoms with Gasteiger partial charge in [-0.05, 0) is 46.9 Å². The van der Waals surface area contributed by atoms with Gasteiger partial charge in [0.25, 0.3) is 11.6 Å². The van der Waals surface area contributed by atoms with Crippen molar-refractivity contribution in [3.63, 3.8) is 0 Å². The number of carbonyl (C=O) groups is 2. The van der Waals surface area contributed by atoms with E-state index in [1.54, 1.807) is 31.5 Å². The Morgan fingerprint density at radius 1 is 0.811 bits per heavy atom. The Hall–Kier alpha value is -7.14. The molecule has 0 fully saturated rings. The van der Waals surface area contributed by atoms with Gasteiger partial charge in [0.05, 0.1) is 28.2 Å². The molecule has 0 aliphatic carbocycles. The topological polar surface area (TPSA) is 141 Å². The van der Waals surface area contributed by atoms with Gasteiger partial charge in [-0.1, -0.05) is 127 Å². The molecule has 2 N–H and O–H groups in total. The van der Waals surface area contributed by atoms with Gasteiger partial charge in [0.1, 0.15) is 17.7 Å². The van der Waals surface area contributed by atoms with Crippen LogP contribution in [0.3, 0.4) is 0 Å². The fourth-order valence-corrected chi connectivity index (χ4v) is 6.56. The number of hydrogen-bond acceptors (Lipinski definition) is 7. The SMILES string of the molecule is CC(NC(=O)OCc1ccccc1)c1ccc(C(=O)Nc2ccnc3c2cnn3C(c2ccccc2)(c2ccccc2)c2ccccc2)c([N+](=O)[O-])c1. The quantitative estimate of drug-likeness (QED) is 0.0783. The molecule has 2 amide bonds. The predicted molar refractivity (Wildman–Crippen MR) is 201 cm³/mol.